The van der Waals surface area contributed by atoms with Gasteiger partial charge >= 0.3 is 0 Å². The fourth-order valence-corrected chi connectivity index (χ4v) is 1.25. The molecule has 0 aliphatic rings. The summed E-state index contributed by atoms with van der Waals surface area (Å²) in [5, 5.41) is 8.85. The zero-order valence-corrected chi connectivity index (χ0v) is 8.70. The molecular formula is C9H11ClN4. The maximum atomic E-state index is 8.47. The second-order valence-electron chi connectivity index (χ2n) is 2.69. The van der Waals surface area contributed by atoms with Gasteiger partial charge in [0.1, 0.15) is 11.0 Å². The first-order chi connectivity index (χ1) is 6.77. The summed E-state index contributed by atoms with van der Waals surface area (Å²) in [5.41, 5.74) is 0. The van der Waals surface area contributed by atoms with Crippen molar-refractivity contribution in [1.29, 1.82) is 5.26 Å². The van der Waals surface area contributed by atoms with E-state index in [0.717, 1.165) is 12.4 Å². The second kappa shape index (κ2) is 5.40. The number of anilines is 1. The lowest BCUT2D eigenvalue weighted by Crippen LogP contribution is -2.24. The molecule has 4 nitrogen and oxygen atoms in total. The Labute approximate surface area is 88.2 Å². The van der Waals surface area contributed by atoms with Gasteiger partial charge in [0, 0.05) is 13.1 Å². The average molecular weight is 211 g/mol. The molecule has 0 fully saturated rings. The van der Waals surface area contributed by atoms with Crippen molar-refractivity contribution in [3.8, 4) is 6.07 Å². The predicted octanol–water partition coefficient (Wildman–Crippen LogP) is 1.87. The number of rotatable bonds is 4. The molecule has 0 aliphatic heterocycles. The molecule has 1 aromatic rings. The maximum absolute atomic E-state index is 8.47. The second-order valence-corrected chi connectivity index (χ2v) is 3.08. The summed E-state index contributed by atoms with van der Waals surface area (Å²) < 4.78 is 0. The Hall–Kier alpha value is -1.34. The summed E-state index contributed by atoms with van der Waals surface area (Å²) in [6.07, 6.45) is 3.61. The van der Waals surface area contributed by atoms with E-state index in [1.807, 2.05) is 11.8 Å². The monoisotopic (exact) mass is 210 g/mol. The third kappa shape index (κ3) is 2.86. The molecule has 0 spiro atoms. The molecule has 0 saturated carbocycles. The summed E-state index contributed by atoms with van der Waals surface area (Å²) in [6.45, 7) is 3.44. The van der Waals surface area contributed by atoms with Crippen molar-refractivity contribution < 1.29 is 0 Å². The number of halogens is 1. The molecule has 1 aromatic heterocycles. The first kappa shape index (κ1) is 10.7. The van der Waals surface area contributed by atoms with Gasteiger partial charge in [-0.3, -0.25) is 4.98 Å². The molecule has 0 radical (unpaired) electrons. The zero-order chi connectivity index (χ0) is 10.4. The quantitative estimate of drug-likeness (QED) is 0.762. The van der Waals surface area contributed by atoms with Crippen molar-refractivity contribution >= 4 is 17.4 Å². The molecule has 74 valence electrons. The molecule has 0 saturated heterocycles. The first-order valence-electron chi connectivity index (χ1n) is 4.37. The molecule has 5 heteroatoms. The summed E-state index contributed by atoms with van der Waals surface area (Å²) in [4.78, 5) is 10.0. The van der Waals surface area contributed by atoms with E-state index >= 15 is 0 Å². The maximum Gasteiger partial charge on any atom is 0.149 e. The molecule has 1 rings (SSSR count). The highest BCUT2D eigenvalue weighted by molar-refractivity contribution is 6.29. The van der Waals surface area contributed by atoms with E-state index in [2.05, 4.69) is 16.0 Å². The van der Waals surface area contributed by atoms with Crippen molar-refractivity contribution in [2.24, 2.45) is 0 Å². The SMILES string of the molecule is CCN(CCC#N)c1cncc(Cl)n1. The molecule has 0 atom stereocenters. The van der Waals surface area contributed by atoms with Crippen LogP contribution in [0.5, 0.6) is 0 Å². The van der Waals surface area contributed by atoms with Crippen LogP contribution in [0.2, 0.25) is 5.15 Å². The molecule has 0 N–H and O–H groups in total. The van der Waals surface area contributed by atoms with Gasteiger partial charge in [-0.25, -0.2) is 4.98 Å². The van der Waals surface area contributed by atoms with Crippen LogP contribution in [0.1, 0.15) is 13.3 Å². The topological polar surface area (TPSA) is 52.8 Å². The van der Waals surface area contributed by atoms with Crippen LogP contribution in [0.15, 0.2) is 12.4 Å². The Kier molecular flexibility index (Phi) is 4.14. The zero-order valence-electron chi connectivity index (χ0n) is 7.94. The van der Waals surface area contributed by atoms with Crippen molar-refractivity contribution in [2.45, 2.75) is 13.3 Å². The molecule has 0 aromatic carbocycles. The van der Waals surface area contributed by atoms with Gasteiger partial charge in [0.25, 0.3) is 0 Å². The van der Waals surface area contributed by atoms with Gasteiger partial charge < -0.3 is 4.90 Å². The van der Waals surface area contributed by atoms with E-state index in [-0.39, 0.29) is 0 Å². The third-order valence-corrected chi connectivity index (χ3v) is 1.97. The normalized spacial score (nSPS) is 9.50. The Morgan fingerprint density at radius 1 is 1.57 bits per heavy atom. The van der Waals surface area contributed by atoms with Crippen molar-refractivity contribution in [3.05, 3.63) is 17.5 Å². The summed E-state index contributed by atoms with van der Waals surface area (Å²) in [5.74, 6) is 0.718. The number of hydrogen-bond acceptors (Lipinski definition) is 4. The molecule has 1 heterocycles. The first-order valence-corrected chi connectivity index (χ1v) is 4.75. The highest BCUT2D eigenvalue weighted by Crippen LogP contribution is 2.12. The largest absolute Gasteiger partial charge is 0.355 e. The van der Waals surface area contributed by atoms with Gasteiger partial charge in [0.2, 0.25) is 0 Å². The van der Waals surface area contributed by atoms with E-state index in [4.69, 9.17) is 16.9 Å². The Morgan fingerprint density at radius 3 is 2.93 bits per heavy atom. The summed E-state index contributed by atoms with van der Waals surface area (Å²) in [6, 6.07) is 2.09. The van der Waals surface area contributed by atoms with E-state index in [1.165, 1.54) is 6.20 Å². The lowest BCUT2D eigenvalue weighted by molar-refractivity contribution is 0.806. The molecule has 0 amide bonds. The van der Waals surface area contributed by atoms with Crippen LogP contribution >= 0.6 is 11.6 Å². The van der Waals surface area contributed by atoms with Crippen molar-refractivity contribution in [2.75, 3.05) is 18.0 Å². The number of nitrogens with zero attached hydrogens (tertiary/aromatic N) is 4. The number of aromatic nitrogens is 2. The van der Waals surface area contributed by atoms with Crippen LogP contribution in [-0.4, -0.2) is 23.1 Å². The molecule has 14 heavy (non-hydrogen) atoms. The lowest BCUT2D eigenvalue weighted by atomic mass is 10.4. The minimum absolute atomic E-state index is 0.373. The van der Waals surface area contributed by atoms with Crippen molar-refractivity contribution in [1.82, 2.24) is 9.97 Å². The summed E-state index contributed by atoms with van der Waals surface area (Å²) in [7, 11) is 0. The fraction of sp³-hybridized carbons (Fsp3) is 0.444. The van der Waals surface area contributed by atoms with Gasteiger partial charge in [-0.2, -0.15) is 5.26 Å². The minimum atomic E-state index is 0.373. The standard InChI is InChI=1S/C9H11ClN4/c1-2-14(5-3-4-11)9-7-12-6-8(10)13-9/h6-7H,2-3,5H2,1H3. The van der Waals surface area contributed by atoms with Gasteiger partial charge in [-0.05, 0) is 6.92 Å². The average Bonchev–Trinajstić information content (AvgIpc) is 2.19. The van der Waals surface area contributed by atoms with E-state index < -0.39 is 0 Å². The van der Waals surface area contributed by atoms with Gasteiger partial charge in [-0.1, -0.05) is 11.6 Å². The predicted molar refractivity (Wildman–Crippen MR) is 55.2 cm³/mol. The number of hydrogen-bond donors (Lipinski definition) is 0. The van der Waals surface area contributed by atoms with Gasteiger partial charge in [-0.15, -0.1) is 0 Å². The number of nitriles is 1. The smallest absolute Gasteiger partial charge is 0.149 e. The van der Waals surface area contributed by atoms with Crippen LogP contribution in [0, 0.1) is 11.3 Å². The fourth-order valence-electron chi connectivity index (χ4n) is 1.10. The third-order valence-electron chi connectivity index (χ3n) is 1.79. The van der Waals surface area contributed by atoms with Crippen LogP contribution < -0.4 is 4.90 Å². The van der Waals surface area contributed by atoms with E-state index in [0.29, 0.717) is 18.1 Å². The lowest BCUT2D eigenvalue weighted by Gasteiger charge is -2.19. The summed E-state index contributed by atoms with van der Waals surface area (Å²) >= 11 is 5.71. The Bertz CT molecular complexity index is 334. The van der Waals surface area contributed by atoms with Crippen molar-refractivity contribution in [3.63, 3.8) is 0 Å². The highest BCUT2D eigenvalue weighted by Gasteiger charge is 2.05. The van der Waals surface area contributed by atoms with Crippen LogP contribution in [0.4, 0.5) is 5.82 Å². The molecule has 0 bridgehead atoms. The van der Waals surface area contributed by atoms with E-state index in [9.17, 15) is 0 Å². The van der Waals surface area contributed by atoms with Crippen LogP contribution in [-0.2, 0) is 0 Å². The highest BCUT2D eigenvalue weighted by atomic mass is 35.5. The van der Waals surface area contributed by atoms with Crippen LogP contribution in [0.3, 0.4) is 0 Å². The van der Waals surface area contributed by atoms with Gasteiger partial charge in [0.15, 0.2) is 0 Å². The van der Waals surface area contributed by atoms with E-state index in [1.54, 1.807) is 6.20 Å². The molecule has 0 aliphatic carbocycles. The minimum Gasteiger partial charge on any atom is -0.355 e. The Morgan fingerprint density at radius 2 is 2.36 bits per heavy atom. The molecule has 0 unspecified atom stereocenters. The van der Waals surface area contributed by atoms with Crippen LogP contribution in [0.25, 0.3) is 0 Å². The molecular weight excluding hydrogens is 200 g/mol. The van der Waals surface area contributed by atoms with Gasteiger partial charge in [0.05, 0.1) is 24.9 Å². The Balaban J connectivity index is 2.74.